The Morgan fingerprint density at radius 2 is 1.93 bits per heavy atom. The number of hydrazone groups is 1. The number of carbonyl (C=O) groups is 1. The van der Waals surface area contributed by atoms with E-state index in [9.17, 15) is 4.79 Å². The summed E-state index contributed by atoms with van der Waals surface area (Å²) in [5, 5.41) is 4.63. The molecule has 156 valence electrons. The molecule has 0 aromatic heterocycles. The van der Waals surface area contributed by atoms with E-state index in [0.717, 1.165) is 29.9 Å². The fourth-order valence-corrected chi connectivity index (χ4v) is 2.85. The van der Waals surface area contributed by atoms with E-state index in [1.807, 2.05) is 31.2 Å². The van der Waals surface area contributed by atoms with E-state index >= 15 is 0 Å². The zero-order valence-electron chi connectivity index (χ0n) is 17.3. The summed E-state index contributed by atoms with van der Waals surface area (Å²) >= 11 is 5.93. The van der Waals surface area contributed by atoms with E-state index in [1.54, 1.807) is 31.3 Å². The maximum atomic E-state index is 12.2. The van der Waals surface area contributed by atoms with Crippen LogP contribution in [-0.2, 0) is 4.79 Å². The predicted molar refractivity (Wildman–Crippen MR) is 118 cm³/mol. The third kappa shape index (κ3) is 8.16. The zero-order chi connectivity index (χ0) is 21.1. The van der Waals surface area contributed by atoms with E-state index in [0.29, 0.717) is 10.8 Å². The van der Waals surface area contributed by atoms with Crippen molar-refractivity contribution in [3.05, 3.63) is 58.6 Å². The van der Waals surface area contributed by atoms with Gasteiger partial charge in [-0.2, -0.15) is 5.10 Å². The molecule has 0 radical (unpaired) electrons. The van der Waals surface area contributed by atoms with Gasteiger partial charge in [0, 0.05) is 5.02 Å². The van der Waals surface area contributed by atoms with Gasteiger partial charge in [0.1, 0.15) is 11.5 Å². The molecule has 5 nitrogen and oxygen atoms in total. The normalized spacial score (nSPS) is 12.0. The zero-order valence-corrected chi connectivity index (χ0v) is 18.0. The summed E-state index contributed by atoms with van der Waals surface area (Å²) in [5.74, 6) is 1.12. The molecule has 0 saturated heterocycles. The Labute approximate surface area is 178 Å². The molecule has 1 atom stereocenters. The molecule has 0 heterocycles. The van der Waals surface area contributed by atoms with Crippen LogP contribution in [0.2, 0.25) is 5.02 Å². The maximum Gasteiger partial charge on any atom is 0.280 e. The van der Waals surface area contributed by atoms with Crippen LogP contribution >= 0.6 is 11.6 Å². The number of ether oxygens (including phenoxy) is 2. The fraction of sp³-hybridized carbons (Fsp3) is 0.391. The number of amides is 1. The SMILES string of the molecule is CCCCCCOc1ccc(/C=N\NC(=O)[C@H](C)Oc2ccc(Cl)cc2C)cc1. The van der Waals surface area contributed by atoms with Crippen LogP contribution in [0.15, 0.2) is 47.6 Å². The van der Waals surface area contributed by atoms with Crippen LogP contribution in [0.25, 0.3) is 0 Å². The minimum atomic E-state index is -0.685. The summed E-state index contributed by atoms with van der Waals surface area (Å²) < 4.78 is 11.4. The second kappa shape index (κ2) is 12.1. The lowest BCUT2D eigenvalue weighted by molar-refractivity contribution is -0.127. The smallest absolute Gasteiger partial charge is 0.280 e. The van der Waals surface area contributed by atoms with Crippen molar-refractivity contribution in [1.29, 1.82) is 0 Å². The Morgan fingerprint density at radius 3 is 2.62 bits per heavy atom. The Balaban J connectivity index is 1.77. The maximum absolute atomic E-state index is 12.2. The molecule has 6 heteroatoms. The standard InChI is InChI=1S/C23H29ClN2O3/c1-4-5-6-7-14-28-21-11-8-19(9-12-21)16-25-26-23(27)18(3)29-22-13-10-20(24)15-17(22)2/h8-13,15-16,18H,4-7,14H2,1-3H3,(H,26,27)/b25-16-/t18-/m0/s1. The lowest BCUT2D eigenvalue weighted by Crippen LogP contribution is -2.33. The van der Waals surface area contributed by atoms with Gasteiger partial charge in [0.05, 0.1) is 12.8 Å². The van der Waals surface area contributed by atoms with Crippen molar-refractivity contribution < 1.29 is 14.3 Å². The second-order valence-corrected chi connectivity index (χ2v) is 7.32. The first-order valence-electron chi connectivity index (χ1n) is 9.98. The van der Waals surface area contributed by atoms with Crippen molar-refractivity contribution in [2.24, 2.45) is 5.10 Å². The first-order valence-corrected chi connectivity index (χ1v) is 10.4. The Bertz CT molecular complexity index is 806. The molecule has 29 heavy (non-hydrogen) atoms. The van der Waals surface area contributed by atoms with Crippen molar-refractivity contribution in [3.8, 4) is 11.5 Å². The number of unbranched alkanes of at least 4 members (excludes halogenated alkanes) is 3. The third-order valence-corrected chi connectivity index (χ3v) is 4.58. The molecule has 0 fully saturated rings. The van der Waals surface area contributed by atoms with Gasteiger partial charge in [-0.3, -0.25) is 4.79 Å². The van der Waals surface area contributed by atoms with Crippen LogP contribution in [0, 0.1) is 6.92 Å². The van der Waals surface area contributed by atoms with Gasteiger partial charge >= 0.3 is 0 Å². The summed E-state index contributed by atoms with van der Waals surface area (Å²) in [4.78, 5) is 12.2. The van der Waals surface area contributed by atoms with Crippen LogP contribution in [0.3, 0.4) is 0 Å². The lowest BCUT2D eigenvalue weighted by atomic mass is 10.2. The minimum absolute atomic E-state index is 0.331. The Hall–Kier alpha value is -2.53. The van der Waals surface area contributed by atoms with Gasteiger partial charge in [-0.15, -0.1) is 0 Å². The van der Waals surface area contributed by atoms with Crippen molar-refractivity contribution in [3.63, 3.8) is 0 Å². The monoisotopic (exact) mass is 416 g/mol. The summed E-state index contributed by atoms with van der Waals surface area (Å²) in [7, 11) is 0. The molecule has 0 aliphatic rings. The fourth-order valence-electron chi connectivity index (χ4n) is 2.62. The van der Waals surface area contributed by atoms with Crippen molar-refractivity contribution in [2.75, 3.05) is 6.61 Å². The highest BCUT2D eigenvalue weighted by Crippen LogP contribution is 2.22. The molecule has 0 saturated carbocycles. The predicted octanol–water partition coefficient (Wildman–Crippen LogP) is 5.53. The van der Waals surface area contributed by atoms with Gasteiger partial charge < -0.3 is 9.47 Å². The quantitative estimate of drug-likeness (QED) is 0.298. The summed E-state index contributed by atoms with van der Waals surface area (Å²) in [5.41, 5.74) is 4.23. The molecule has 1 amide bonds. The van der Waals surface area contributed by atoms with Gasteiger partial charge in [0.15, 0.2) is 6.10 Å². The third-order valence-electron chi connectivity index (χ3n) is 4.35. The van der Waals surface area contributed by atoms with Gasteiger partial charge in [-0.1, -0.05) is 37.8 Å². The molecule has 0 aliphatic heterocycles. The topological polar surface area (TPSA) is 59.9 Å². The molecule has 1 N–H and O–H groups in total. The highest BCUT2D eigenvalue weighted by atomic mass is 35.5. The van der Waals surface area contributed by atoms with E-state index < -0.39 is 6.10 Å². The van der Waals surface area contributed by atoms with E-state index in [1.165, 1.54) is 19.3 Å². The van der Waals surface area contributed by atoms with Crippen molar-refractivity contribution >= 4 is 23.7 Å². The van der Waals surface area contributed by atoms with E-state index in [-0.39, 0.29) is 5.91 Å². The largest absolute Gasteiger partial charge is 0.494 e. The first-order chi connectivity index (χ1) is 14.0. The molecule has 2 aromatic carbocycles. The van der Waals surface area contributed by atoms with E-state index in [4.69, 9.17) is 21.1 Å². The molecular weight excluding hydrogens is 388 g/mol. The number of aryl methyl sites for hydroxylation is 1. The number of hydrogen-bond donors (Lipinski definition) is 1. The number of hydrogen-bond acceptors (Lipinski definition) is 4. The number of halogens is 1. The van der Waals surface area contributed by atoms with Gasteiger partial charge in [0.2, 0.25) is 0 Å². The average molecular weight is 417 g/mol. The molecule has 2 rings (SSSR count). The molecule has 0 spiro atoms. The highest BCUT2D eigenvalue weighted by molar-refractivity contribution is 6.30. The lowest BCUT2D eigenvalue weighted by Gasteiger charge is -2.14. The average Bonchev–Trinajstić information content (AvgIpc) is 2.71. The van der Waals surface area contributed by atoms with Gasteiger partial charge in [-0.25, -0.2) is 5.43 Å². The Kier molecular flexibility index (Phi) is 9.51. The van der Waals surface area contributed by atoms with E-state index in [2.05, 4.69) is 17.5 Å². The molecule has 0 unspecified atom stereocenters. The van der Waals surface area contributed by atoms with Crippen molar-refractivity contribution in [1.82, 2.24) is 5.43 Å². The van der Waals surface area contributed by atoms with Gasteiger partial charge in [0.25, 0.3) is 5.91 Å². The molecule has 0 bridgehead atoms. The van der Waals surface area contributed by atoms with Crippen LogP contribution in [0.4, 0.5) is 0 Å². The number of rotatable bonds is 11. The number of carbonyl (C=O) groups excluding carboxylic acids is 1. The Morgan fingerprint density at radius 1 is 1.17 bits per heavy atom. The minimum Gasteiger partial charge on any atom is -0.494 e. The van der Waals surface area contributed by atoms with Crippen LogP contribution in [0.5, 0.6) is 11.5 Å². The first kappa shape index (κ1) is 22.8. The number of nitrogens with one attached hydrogen (secondary N) is 1. The highest BCUT2D eigenvalue weighted by Gasteiger charge is 2.15. The van der Waals surface area contributed by atoms with Crippen LogP contribution < -0.4 is 14.9 Å². The molecule has 2 aromatic rings. The summed E-state index contributed by atoms with van der Waals surface area (Å²) in [6.45, 7) is 6.47. The van der Waals surface area contributed by atoms with Crippen LogP contribution in [0.1, 0.15) is 50.7 Å². The van der Waals surface area contributed by atoms with Crippen molar-refractivity contribution in [2.45, 2.75) is 52.6 Å². The van der Waals surface area contributed by atoms with Gasteiger partial charge in [-0.05, 0) is 73.9 Å². The number of nitrogens with zero attached hydrogens (tertiary/aromatic N) is 1. The summed E-state index contributed by atoms with van der Waals surface area (Å²) in [6, 6.07) is 12.9. The summed E-state index contributed by atoms with van der Waals surface area (Å²) in [6.07, 6.45) is 5.63. The van der Waals surface area contributed by atoms with Crippen LogP contribution in [-0.4, -0.2) is 24.8 Å². The second-order valence-electron chi connectivity index (χ2n) is 6.88. The number of benzene rings is 2. The molecule has 0 aliphatic carbocycles. The molecular formula is C23H29ClN2O3.